The van der Waals surface area contributed by atoms with E-state index < -0.39 is 18.3 Å². The van der Waals surface area contributed by atoms with E-state index in [-0.39, 0.29) is 5.92 Å². The second-order valence-corrected chi connectivity index (χ2v) is 4.08. The normalized spacial score (nSPS) is 43.5. The SMILES string of the molecule is CC(C)[C@H]1C[C@@H](O)[C@H](O)C[C@@H]1O. The summed E-state index contributed by atoms with van der Waals surface area (Å²) < 4.78 is 0. The zero-order valence-corrected chi connectivity index (χ0v) is 7.64. The lowest BCUT2D eigenvalue weighted by Gasteiger charge is -2.36. The molecule has 0 aliphatic heterocycles. The quantitative estimate of drug-likeness (QED) is 0.529. The molecule has 1 aliphatic rings. The Hall–Kier alpha value is -0.120. The Morgan fingerprint density at radius 3 is 1.92 bits per heavy atom. The summed E-state index contributed by atoms with van der Waals surface area (Å²) in [5.74, 6) is 0.491. The Morgan fingerprint density at radius 1 is 0.917 bits per heavy atom. The van der Waals surface area contributed by atoms with Gasteiger partial charge in [0.15, 0.2) is 0 Å². The highest BCUT2D eigenvalue weighted by Crippen LogP contribution is 2.30. The highest BCUT2D eigenvalue weighted by atomic mass is 16.3. The van der Waals surface area contributed by atoms with E-state index in [2.05, 4.69) is 0 Å². The van der Waals surface area contributed by atoms with Crippen LogP contribution in [-0.2, 0) is 0 Å². The van der Waals surface area contributed by atoms with Crippen LogP contribution in [0.5, 0.6) is 0 Å². The van der Waals surface area contributed by atoms with Gasteiger partial charge in [-0.05, 0) is 18.3 Å². The summed E-state index contributed by atoms with van der Waals surface area (Å²) in [4.78, 5) is 0. The molecule has 12 heavy (non-hydrogen) atoms. The fourth-order valence-corrected chi connectivity index (χ4v) is 1.89. The van der Waals surface area contributed by atoms with Crippen LogP contribution in [-0.4, -0.2) is 33.6 Å². The van der Waals surface area contributed by atoms with Crippen LogP contribution in [0.1, 0.15) is 26.7 Å². The van der Waals surface area contributed by atoms with Crippen molar-refractivity contribution in [3.63, 3.8) is 0 Å². The molecule has 1 rings (SSSR count). The van der Waals surface area contributed by atoms with Gasteiger partial charge in [-0.1, -0.05) is 13.8 Å². The molecule has 0 saturated heterocycles. The van der Waals surface area contributed by atoms with Crippen molar-refractivity contribution in [3.8, 4) is 0 Å². The van der Waals surface area contributed by atoms with Gasteiger partial charge in [0, 0.05) is 6.42 Å². The van der Waals surface area contributed by atoms with E-state index in [0.29, 0.717) is 18.8 Å². The molecular formula is C9H18O3. The molecule has 1 saturated carbocycles. The summed E-state index contributed by atoms with van der Waals surface area (Å²) in [5, 5.41) is 28.1. The largest absolute Gasteiger partial charge is 0.393 e. The Balaban J connectivity index is 2.55. The Labute approximate surface area is 73.0 Å². The van der Waals surface area contributed by atoms with E-state index in [1.54, 1.807) is 0 Å². The van der Waals surface area contributed by atoms with E-state index >= 15 is 0 Å². The van der Waals surface area contributed by atoms with Gasteiger partial charge in [-0.25, -0.2) is 0 Å². The van der Waals surface area contributed by atoms with Crippen molar-refractivity contribution in [2.75, 3.05) is 0 Å². The van der Waals surface area contributed by atoms with Gasteiger partial charge in [-0.3, -0.25) is 0 Å². The maximum atomic E-state index is 9.56. The number of aliphatic hydroxyl groups excluding tert-OH is 3. The first-order valence-corrected chi connectivity index (χ1v) is 4.56. The molecule has 0 aromatic carbocycles. The predicted molar refractivity (Wildman–Crippen MR) is 45.6 cm³/mol. The lowest BCUT2D eigenvalue weighted by Crippen LogP contribution is -2.43. The second kappa shape index (κ2) is 3.73. The van der Waals surface area contributed by atoms with Gasteiger partial charge in [0.1, 0.15) is 0 Å². The first kappa shape index (κ1) is 9.96. The van der Waals surface area contributed by atoms with Crippen molar-refractivity contribution in [2.45, 2.75) is 45.0 Å². The van der Waals surface area contributed by atoms with E-state index in [9.17, 15) is 15.3 Å². The molecule has 0 radical (unpaired) electrons. The molecule has 4 atom stereocenters. The van der Waals surface area contributed by atoms with Crippen molar-refractivity contribution >= 4 is 0 Å². The smallest absolute Gasteiger partial charge is 0.0823 e. The number of hydrogen-bond donors (Lipinski definition) is 3. The summed E-state index contributed by atoms with van der Waals surface area (Å²) in [7, 11) is 0. The molecule has 0 bridgehead atoms. The average molecular weight is 174 g/mol. The first-order chi connectivity index (χ1) is 5.52. The molecule has 0 aromatic rings. The van der Waals surface area contributed by atoms with Gasteiger partial charge >= 0.3 is 0 Å². The minimum Gasteiger partial charge on any atom is -0.393 e. The molecular weight excluding hydrogens is 156 g/mol. The topological polar surface area (TPSA) is 60.7 Å². The monoisotopic (exact) mass is 174 g/mol. The fraction of sp³-hybridized carbons (Fsp3) is 1.00. The first-order valence-electron chi connectivity index (χ1n) is 4.56. The van der Waals surface area contributed by atoms with Crippen LogP contribution in [0.4, 0.5) is 0 Å². The summed E-state index contributed by atoms with van der Waals surface area (Å²) >= 11 is 0. The van der Waals surface area contributed by atoms with Crippen molar-refractivity contribution < 1.29 is 15.3 Å². The van der Waals surface area contributed by atoms with Crippen LogP contribution in [0, 0.1) is 11.8 Å². The third-order valence-electron chi connectivity index (χ3n) is 2.79. The molecule has 0 spiro atoms. The molecule has 0 amide bonds. The molecule has 0 unspecified atom stereocenters. The summed E-state index contributed by atoms with van der Waals surface area (Å²) in [6.45, 7) is 4.05. The average Bonchev–Trinajstić information content (AvgIpc) is 1.96. The highest BCUT2D eigenvalue weighted by molar-refractivity contribution is 4.86. The zero-order valence-electron chi connectivity index (χ0n) is 7.64. The van der Waals surface area contributed by atoms with Crippen molar-refractivity contribution in [1.82, 2.24) is 0 Å². The Morgan fingerprint density at radius 2 is 1.42 bits per heavy atom. The minimum atomic E-state index is -0.741. The predicted octanol–water partition coefficient (Wildman–Crippen LogP) is 0.135. The maximum Gasteiger partial charge on any atom is 0.0823 e. The third kappa shape index (κ3) is 1.97. The van der Waals surface area contributed by atoms with Crippen molar-refractivity contribution in [2.24, 2.45) is 11.8 Å². The molecule has 1 fully saturated rings. The van der Waals surface area contributed by atoms with Crippen molar-refractivity contribution in [1.29, 1.82) is 0 Å². The molecule has 3 nitrogen and oxygen atoms in total. The summed E-state index contributed by atoms with van der Waals surface area (Å²) in [5.41, 5.74) is 0. The van der Waals surface area contributed by atoms with Crippen LogP contribution in [0.25, 0.3) is 0 Å². The van der Waals surface area contributed by atoms with Gasteiger partial charge in [0.2, 0.25) is 0 Å². The number of aliphatic hydroxyl groups is 3. The lowest BCUT2D eigenvalue weighted by molar-refractivity contribution is -0.0867. The van der Waals surface area contributed by atoms with Gasteiger partial charge in [-0.2, -0.15) is 0 Å². The van der Waals surface area contributed by atoms with E-state index in [1.807, 2.05) is 13.8 Å². The van der Waals surface area contributed by atoms with Crippen LogP contribution in [0.3, 0.4) is 0 Å². The molecule has 3 N–H and O–H groups in total. The molecule has 3 heteroatoms. The van der Waals surface area contributed by atoms with Crippen molar-refractivity contribution in [3.05, 3.63) is 0 Å². The van der Waals surface area contributed by atoms with E-state index in [0.717, 1.165) is 0 Å². The zero-order chi connectivity index (χ0) is 9.30. The van der Waals surface area contributed by atoms with E-state index in [1.165, 1.54) is 0 Å². The van der Waals surface area contributed by atoms with Crippen LogP contribution >= 0.6 is 0 Å². The van der Waals surface area contributed by atoms with Gasteiger partial charge in [0.25, 0.3) is 0 Å². The van der Waals surface area contributed by atoms with Crippen LogP contribution < -0.4 is 0 Å². The van der Waals surface area contributed by atoms with Gasteiger partial charge < -0.3 is 15.3 Å². The standard InChI is InChI=1S/C9H18O3/c1-5(2)6-3-8(11)9(12)4-7(6)10/h5-12H,3-4H2,1-2H3/t6-,7+,8-,9-/m1/s1. The molecule has 1 aliphatic carbocycles. The second-order valence-electron chi connectivity index (χ2n) is 4.08. The van der Waals surface area contributed by atoms with Gasteiger partial charge in [0.05, 0.1) is 18.3 Å². The number of hydrogen-bond acceptors (Lipinski definition) is 3. The third-order valence-corrected chi connectivity index (χ3v) is 2.79. The van der Waals surface area contributed by atoms with Gasteiger partial charge in [-0.15, -0.1) is 0 Å². The maximum absolute atomic E-state index is 9.56. The molecule has 72 valence electrons. The highest BCUT2D eigenvalue weighted by Gasteiger charge is 2.35. The van der Waals surface area contributed by atoms with E-state index in [4.69, 9.17) is 0 Å². The molecule has 0 heterocycles. The fourth-order valence-electron chi connectivity index (χ4n) is 1.89. The summed E-state index contributed by atoms with van der Waals surface area (Å²) in [6, 6.07) is 0. The Bertz CT molecular complexity index is 147. The molecule has 0 aromatic heterocycles. The van der Waals surface area contributed by atoms with Crippen LogP contribution in [0.15, 0.2) is 0 Å². The van der Waals surface area contributed by atoms with Crippen LogP contribution in [0.2, 0.25) is 0 Å². The lowest BCUT2D eigenvalue weighted by atomic mass is 9.77. The summed E-state index contributed by atoms with van der Waals surface area (Å²) in [6.07, 6.45) is -1.02. The Kier molecular flexibility index (Phi) is 3.09. The number of rotatable bonds is 1. The minimum absolute atomic E-state index is 0.128.